The minimum absolute atomic E-state index is 0.124. The molecule has 2 atom stereocenters. The maximum atomic E-state index is 12.4. The van der Waals surface area contributed by atoms with Crippen LogP contribution in [0.1, 0.15) is 25.5 Å². The third kappa shape index (κ3) is 6.55. The van der Waals surface area contributed by atoms with E-state index in [-0.39, 0.29) is 30.9 Å². The number of benzene rings is 2. The van der Waals surface area contributed by atoms with Crippen LogP contribution in [-0.2, 0) is 9.59 Å². The summed E-state index contributed by atoms with van der Waals surface area (Å²) in [7, 11) is 1.59. The molecule has 0 aliphatic rings. The summed E-state index contributed by atoms with van der Waals surface area (Å²) in [6.45, 7) is 4.91. The standard InChI is InChI=1S/C21H26ClN3O3/c1-4-25(14-21(27)24-16-9-11-17(28-3)12-10-16)13-20(26)23-15(2)18-7-5-6-8-19(18)22/h5-12,15H,4,13-14H2,1-3H3,(H,23,26)(H,24,27)/p+1/t15-/m1/s1. The van der Waals surface area contributed by atoms with Crippen molar-refractivity contribution in [3.8, 4) is 5.75 Å². The Morgan fingerprint density at radius 1 is 1.07 bits per heavy atom. The number of rotatable bonds is 9. The largest absolute Gasteiger partial charge is 0.497 e. The van der Waals surface area contributed by atoms with E-state index in [1.165, 1.54) is 0 Å². The maximum absolute atomic E-state index is 12.4. The van der Waals surface area contributed by atoms with Gasteiger partial charge in [0, 0.05) is 10.7 Å². The Labute approximate surface area is 170 Å². The second-order valence-electron chi connectivity index (χ2n) is 6.54. The molecule has 2 amide bonds. The van der Waals surface area contributed by atoms with Crippen molar-refractivity contribution in [1.82, 2.24) is 5.32 Å². The van der Waals surface area contributed by atoms with Crippen molar-refractivity contribution in [1.29, 1.82) is 0 Å². The number of hydrogen-bond acceptors (Lipinski definition) is 3. The van der Waals surface area contributed by atoms with E-state index in [4.69, 9.17) is 16.3 Å². The van der Waals surface area contributed by atoms with Gasteiger partial charge in [0.25, 0.3) is 11.8 Å². The zero-order chi connectivity index (χ0) is 20.5. The molecule has 2 rings (SSSR count). The summed E-state index contributed by atoms with van der Waals surface area (Å²) in [5, 5.41) is 6.41. The van der Waals surface area contributed by atoms with E-state index in [9.17, 15) is 9.59 Å². The van der Waals surface area contributed by atoms with Crippen LogP contribution in [0.15, 0.2) is 48.5 Å². The summed E-state index contributed by atoms with van der Waals surface area (Å²) < 4.78 is 5.10. The molecule has 0 spiro atoms. The first-order valence-electron chi connectivity index (χ1n) is 9.24. The van der Waals surface area contributed by atoms with Gasteiger partial charge < -0.3 is 20.3 Å². The lowest BCUT2D eigenvalue weighted by Crippen LogP contribution is -3.14. The number of anilines is 1. The van der Waals surface area contributed by atoms with Gasteiger partial charge in [-0.2, -0.15) is 0 Å². The molecule has 6 nitrogen and oxygen atoms in total. The van der Waals surface area contributed by atoms with E-state index in [0.29, 0.717) is 17.3 Å². The summed E-state index contributed by atoms with van der Waals surface area (Å²) in [4.78, 5) is 25.6. The first kappa shape index (κ1) is 21.7. The number of methoxy groups -OCH3 is 1. The Morgan fingerprint density at radius 2 is 1.71 bits per heavy atom. The van der Waals surface area contributed by atoms with Crippen LogP contribution in [0.4, 0.5) is 5.69 Å². The summed E-state index contributed by atoms with van der Waals surface area (Å²) in [5.41, 5.74) is 1.56. The molecule has 150 valence electrons. The Morgan fingerprint density at radius 3 is 2.32 bits per heavy atom. The van der Waals surface area contributed by atoms with Gasteiger partial charge in [-0.1, -0.05) is 29.8 Å². The van der Waals surface area contributed by atoms with Gasteiger partial charge in [-0.3, -0.25) is 9.59 Å². The summed E-state index contributed by atoms with van der Waals surface area (Å²) in [6.07, 6.45) is 0. The van der Waals surface area contributed by atoms with Crippen LogP contribution in [0, 0.1) is 0 Å². The van der Waals surface area contributed by atoms with Gasteiger partial charge in [-0.15, -0.1) is 0 Å². The predicted molar refractivity (Wildman–Crippen MR) is 111 cm³/mol. The Bertz CT molecular complexity index is 796. The highest BCUT2D eigenvalue weighted by atomic mass is 35.5. The minimum Gasteiger partial charge on any atom is -0.497 e. The molecule has 0 bridgehead atoms. The van der Waals surface area contributed by atoms with E-state index < -0.39 is 0 Å². The summed E-state index contributed by atoms with van der Waals surface area (Å²) in [5.74, 6) is 0.457. The molecule has 1 unspecified atom stereocenters. The van der Waals surface area contributed by atoms with Crippen LogP contribution in [0.3, 0.4) is 0 Å². The van der Waals surface area contributed by atoms with Crippen LogP contribution >= 0.6 is 11.6 Å². The van der Waals surface area contributed by atoms with Gasteiger partial charge in [-0.25, -0.2) is 0 Å². The Kier molecular flexibility index (Phi) is 8.29. The van der Waals surface area contributed by atoms with Crippen molar-refractivity contribution in [2.45, 2.75) is 19.9 Å². The Balaban J connectivity index is 1.85. The molecule has 28 heavy (non-hydrogen) atoms. The maximum Gasteiger partial charge on any atom is 0.279 e. The molecule has 0 aliphatic carbocycles. The SMILES string of the molecule is CC[NH+](CC(=O)Nc1ccc(OC)cc1)CC(=O)N[C@H](C)c1ccccc1Cl. The number of nitrogens with one attached hydrogen (secondary N) is 3. The average Bonchev–Trinajstić information content (AvgIpc) is 2.68. The number of quaternary nitrogens is 1. The summed E-state index contributed by atoms with van der Waals surface area (Å²) in [6, 6.07) is 14.3. The van der Waals surface area contributed by atoms with Crippen molar-refractivity contribution in [2.75, 3.05) is 32.1 Å². The van der Waals surface area contributed by atoms with Crippen molar-refractivity contribution in [3.63, 3.8) is 0 Å². The molecule has 7 heteroatoms. The van der Waals surface area contributed by atoms with Gasteiger partial charge in [0.15, 0.2) is 13.1 Å². The van der Waals surface area contributed by atoms with Crippen molar-refractivity contribution in [3.05, 3.63) is 59.1 Å². The van der Waals surface area contributed by atoms with Crippen molar-refractivity contribution >= 4 is 29.1 Å². The smallest absolute Gasteiger partial charge is 0.279 e. The van der Waals surface area contributed by atoms with E-state index in [2.05, 4.69) is 10.6 Å². The molecule has 3 N–H and O–H groups in total. The quantitative estimate of drug-likeness (QED) is 0.599. The fourth-order valence-corrected chi connectivity index (χ4v) is 3.14. The molecule has 0 radical (unpaired) electrons. The van der Waals surface area contributed by atoms with Gasteiger partial charge in [0.1, 0.15) is 5.75 Å². The highest BCUT2D eigenvalue weighted by Gasteiger charge is 2.19. The lowest BCUT2D eigenvalue weighted by atomic mass is 10.1. The highest BCUT2D eigenvalue weighted by Crippen LogP contribution is 2.21. The number of halogens is 1. The normalized spacial score (nSPS) is 12.7. The second-order valence-corrected chi connectivity index (χ2v) is 6.95. The number of amides is 2. The fourth-order valence-electron chi connectivity index (χ4n) is 2.84. The lowest BCUT2D eigenvalue weighted by Gasteiger charge is -2.20. The number of hydrogen-bond donors (Lipinski definition) is 3. The molecular formula is C21H27ClN3O3+. The van der Waals surface area contributed by atoms with Crippen molar-refractivity contribution < 1.29 is 19.2 Å². The van der Waals surface area contributed by atoms with Gasteiger partial charge >= 0.3 is 0 Å². The van der Waals surface area contributed by atoms with Crippen LogP contribution in [0.25, 0.3) is 0 Å². The second kappa shape index (κ2) is 10.7. The third-order valence-electron chi connectivity index (χ3n) is 4.44. The molecule has 0 fully saturated rings. The molecule has 0 aliphatic heterocycles. The number of likely N-dealkylation sites (N-methyl/N-ethyl adjacent to an activating group) is 1. The summed E-state index contributed by atoms with van der Waals surface area (Å²) >= 11 is 6.18. The molecule has 0 saturated carbocycles. The monoisotopic (exact) mass is 404 g/mol. The predicted octanol–water partition coefficient (Wildman–Crippen LogP) is 2.07. The molecule has 2 aromatic rings. The van der Waals surface area contributed by atoms with Gasteiger partial charge in [0.05, 0.1) is 19.7 Å². The molecule has 0 aromatic heterocycles. The van der Waals surface area contributed by atoms with E-state index >= 15 is 0 Å². The minimum atomic E-state index is -0.201. The van der Waals surface area contributed by atoms with Crippen LogP contribution in [0.2, 0.25) is 5.02 Å². The Hall–Kier alpha value is -2.57. The topological polar surface area (TPSA) is 71.9 Å². The molecule has 2 aromatic carbocycles. The number of ether oxygens (including phenoxy) is 1. The molecule has 0 heterocycles. The van der Waals surface area contributed by atoms with Crippen molar-refractivity contribution in [2.24, 2.45) is 0 Å². The lowest BCUT2D eigenvalue weighted by molar-refractivity contribution is -0.881. The molecule has 0 saturated heterocycles. The number of carbonyl (C=O) groups excluding carboxylic acids is 2. The van der Waals surface area contributed by atoms with Crippen LogP contribution in [0.5, 0.6) is 5.75 Å². The molecular weight excluding hydrogens is 378 g/mol. The van der Waals surface area contributed by atoms with E-state index in [0.717, 1.165) is 16.2 Å². The zero-order valence-corrected chi connectivity index (χ0v) is 17.2. The van der Waals surface area contributed by atoms with E-state index in [1.807, 2.05) is 32.0 Å². The average molecular weight is 405 g/mol. The van der Waals surface area contributed by atoms with Crippen LogP contribution < -0.4 is 20.3 Å². The van der Waals surface area contributed by atoms with Crippen LogP contribution in [-0.4, -0.2) is 38.6 Å². The van der Waals surface area contributed by atoms with Gasteiger partial charge in [-0.05, 0) is 49.7 Å². The fraction of sp³-hybridized carbons (Fsp3) is 0.333. The third-order valence-corrected chi connectivity index (χ3v) is 4.79. The highest BCUT2D eigenvalue weighted by molar-refractivity contribution is 6.31. The van der Waals surface area contributed by atoms with E-state index in [1.54, 1.807) is 37.4 Å². The first-order chi connectivity index (χ1) is 13.4. The first-order valence-corrected chi connectivity index (χ1v) is 9.62. The zero-order valence-electron chi connectivity index (χ0n) is 16.4. The number of carbonyl (C=O) groups is 2. The van der Waals surface area contributed by atoms with Gasteiger partial charge in [0.2, 0.25) is 0 Å².